The Morgan fingerprint density at radius 3 is 2.95 bits per heavy atom. The van der Waals surface area contributed by atoms with E-state index in [4.69, 9.17) is 16.3 Å². The van der Waals surface area contributed by atoms with Crippen LogP contribution in [0.4, 0.5) is 4.39 Å². The second-order valence-corrected chi connectivity index (χ2v) is 5.49. The molecule has 0 bridgehead atoms. The summed E-state index contributed by atoms with van der Waals surface area (Å²) in [6.07, 6.45) is 1.95. The largest absolute Gasteiger partial charge is 0.383 e. The van der Waals surface area contributed by atoms with Crippen LogP contribution >= 0.6 is 24.0 Å². The number of benzene rings is 1. The van der Waals surface area contributed by atoms with Gasteiger partial charge in [0.25, 0.3) is 5.91 Å². The van der Waals surface area contributed by atoms with E-state index >= 15 is 0 Å². The molecule has 1 heterocycles. The number of hydrogen-bond acceptors (Lipinski definition) is 3. The van der Waals surface area contributed by atoms with Crippen molar-refractivity contribution >= 4 is 29.9 Å². The molecule has 1 fully saturated rings. The van der Waals surface area contributed by atoms with Crippen LogP contribution < -0.4 is 10.6 Å². The quantitative estimate of drug-likeness (QED) is 0.868. The minimum atomic E-state index is -0.577. The van der Waals surface area contributed by atoms with Gasteiger partial charge in [0.1, 0.15) is 5.82 Å². The van der Waals surface area contributed by atoms with Gasteiger partial charge in [-0.15, -0.1) is 12.4 Å². The van der Waals surface area contributed by atoms with Crippen molar-refractivity contribution in [2.45, 2.75) is 18.4 Å². The second-order valence-electron chi connectivity index (χ2n) is 5.05. The highest BCUT2D eigenvalue weighted by molar-refractivity contribution is 6.31. The zero-order chi connectivity index (χ0) is 14.6. The van der Waals surface area contributed by atoms with E-state index in [1.54, 1.807) is 7.11 Å². The topological polar surface area (TPSA) is 50.4 Å². The highest BCUT2D eigenvalue weighted by Crippen LogP contribution is 2.19. The first kappa shape index (κ1) is 18.2. The Kier molecular flexibility index (Phi) is 6.87. The number of ether oxygens (including phenoxy) is 1. The van der Waals surface area contributed by atoms with Gasteiger partial charge in [-0.25, -0.2) is 4.39 Å². The lowest BCUT2D eigenvalue weighted by atomic mass is 9.98. The zero-order valence-electron chi connectivity index (χ0n) is 11.7. The molecule has 4 nitrogen and oxygen atoms in total. The summed E-state index contributed by atoms with van der Waals surface area (Å²) in [7, 11) is 1.63. The third kappa shape index (κ3) is 4.54. The highest BCUT2D eigenvalue weighted by atomic mass is 35.5. The van der Waals surface area contributed by atoms with Crippen molar-refractivity contribution in [1.82, 2.24) is 10.6 Å². The molecule has 1 unspecified atom stereocenters. The minimum Gasteiger partial charge on any atom is -0.383 e. The van der Waals surface area contributed by atoms with Crippen LogP contribution in [0.5, 0.6) is 0 Å². The van der Waals surface area contributed by atoms with Crippen molar-refractivity contribution in [3.63, 3.8) is 0 Å². The number of amides is 1. The molecule has 0 saturated carbocycles. The van der Waals surface area contributed by atoms with Gasteiger partial charge in [-0.1, -0.05) is 11.6 Å². The Morgan fingerprint density at radius 1 is 1.57 bits per heavy atom. The molecule has 118 valence electrons. The average Bonchev–Trinajstić information content (AvgIpc) is 2.88. The van der Waals surface area contributed by atoms with Crippen LogP contribution in [0.25, 0.3) is 0 Å². The third-order valence-electron chi connectivity index (χ3n) is 3.51. The summed E-state index contributed by atoms with van der Waals surface area (Å²) in [4.78, 5) is 12.0. The lowest BCUT2D eigenvalue weighted by molar-refractivity contribution is 0.0888. The van der Waals surface area contributed by atoms with Crippen LogP contribution in [-0.4, -0.2) is 38.3 Å². The standard InChI is InChI=1S/C14H18ClFN2O2.ClH/c1-20-9-14(5-2-6-18-14)8-17-13(19)11-7-10(15)3-4-12(11)16;/h3-4,7,18H,2,5-6,8-9H2,1H3,(H,17,19);1H. The van der Waals surface area contributed by atoms with Crippen molar-refractivity contribution < 1.29 is 13.9 Å². The molecule has 1 aliphatic heterocycles. The Bertz CT molecular complexity index is 494. The molecule has 1 aliphatic rings. The van der Waals surface area contributed by atoms with Crippen LogP contribution in [0.1, 0.15) is 23.2 Å². The van der Waals surface area contributed by atoms with Gasteiger partial charge in [-0.2, -0.15) is 0 Å². The van der Waals surface area contributed by atoms with E-state index in [-0.39, 0.29) is 23.5 Å². The molecule has 21 heavy (non-hydrogen) atoms. The SMILES string of the molecule is COCC1(CNC(=O)c2cc(Cl)ccc2F)CCCN1.Cl. The number of methoxy groups -OCH3 is 1. The molecular formula is C14H19Cl2FN2O2. The maximum absolute atomic E-state index is 13.6. The molecule has 1 saturated heterocycles. The maximum Gasteiger partial charge on any atom is 0.254 e. The molecule has 2 rings (SSSR count). The summed E-state index contributed by atoms with van der Waals surface area (Å²) < 4.78 is 18.8. The summed E-state index contributed by atoms with van der Waals surface area (Å²) in [6, 6.07) is 3.94. The van der Waals surface area contributed by atoms with Gasteiger partial charge < -0.3 is 15.4 Å². The number of hydrogen-bond donors (Lipinski definition) is 2. The molecule has 0 radical (unpaired) electrons. The van der Waals surface area contributed by atoms with Gasteiger partial charge in [0, 0.05) is 18.7 Å². The van der Waals surface area contributed by atoms with Crippen molar-refractivity contribution in [3.05, 3.63) is 34.6 Å². The first-order valence-corrected chi connectivity index (χ1v) is 6.91. The summed E-state index contributed by atoms with van der Waals surface area (Å²) in [6.45, 7) is 1.79. The highest BCUT2D eigenvalue weighted by Gasteiger charge is 2.34. The van der Waals surface area contributed by atoms with Crippen LogP contribution in [0.15, 0.2) is 18.2 Å². The number of carbonyl (C=O) groups is 1. The summed E-state index contributed by atoms with van der Waals surface area (Å²) >= 11 is 5.79. The molecular weight excluding hydrogens is 318 g/mol. The van der Waals surface area contributed by atoms with E-state index in [1.807, 2.05) is 0 Å². The van der Waals surface area contributed by atoms with Gasteiger partial charge >= 0.3 is 0 Å². The molecule has 1 aromatic rings. The third-order valence-corrected chi connectivity index (χ3v) is 3.75. The van der Waals surface area contributed by atoms with Crippen LogP contribution in [0, 0.1) is 5.82 Å². The van der Waals surface area contributed by atoms with Gasteiger partial charge in [-0.3, -0.25) is 4.79 Å². The molecule has 0 aromatic heterocycles. The molecule has 1 amide bonds. The van der Waals surface area contributed by atoms with Gasteiger partial charge in [0.2, 0.25) is 0 Å². The van der Waals surface area contributed by atoms with E-state index < -0.39 is 11.7 Å². The Morgan fingerprint density at radius 2 is 2.33 bits per heavy atom. The average molecular weight is 337 g/mol. The van der Waals surface area contributed by atoms with E-state index in [2.05, 4.69) is 10.6 Å². The first-order chi connectivity index (χ1) is 9.56. The van der Waals surface area contributed by atoms with Gasteiger partial charge in [-0.05, 0) is 37.6 Å². The molecule has 1 atom stereocenters. The second kappa shape index (κ2) is 7.94. The molecule has 0 spiro atoms. The Labute approximate surface area is 134 Å². The normalized spacial score (nSPS) is 20.9. The number of carbonyl (C=O) groups excluding carboxylic acids is 1. The van der Waals surface area contributed by atoms with Gasteiger partial charge in [0.15, 0.2) is 0 Å². The van der Waals surface area contributed by atoms with Crippen LogP contribution in [-0.2, 0) is 4.74 Å². The fourth-order valence-electron chi connectivity index (χ4n) is 2.49. The molecule has 7 heteroatoms. The smallest absolute Gasteiger partial charge is 0.254 e. The monoisotopic (exact) mass is 336 g/mol. The number of halogens is 3. The van der Waals surface area contributed by atoms with E-state index in [9.17, 15) is 9.18 Å². The molecule has 1 aromatic carbocycles. The summed E-state index contributed by atoms with van der Waals surface area (Å²) in [5.41, 5.74) is -0.303. The van der Waals surface area contributed by atoms with Crippen molar-refractivity contribution in [2.75, 3.05) is 26.8 Å². The van der Waals surface area contributed by atoms with E-state index in [0.29, 0.717) is 18.2 Å². The number of nitrogens with one attached hydrogen (secondary N) is 2. The number of rotatable bonds is 5. The van der Waals surface area contributed by atoms with Crippen LogP contribution in [0.3, 0.4) is 0 Å². The Hall–Kier alpha value is -0.880. The van der Waals surface area contributed by atoms with E-state index in [1.165, 1.54) is 18.2 Å². The van der Waals surface area contributed by atoms with Crippen molar-refractivity contribution in [1.29, 1.82) is 0 Å². The summed E-state index contributed by atoms with van der Waals surface area (Å²) in [5, 5.41) is 6.43. The fourth-order valence-corrected chi connectivity index (χ4v) is 2.66. The lowest BCUT2D eigenvalue weighted by Gasteiger charge is -2.29. The molecule has 0 aliphatic carbocycles. The Balaban J connectivity index is 0.00000220. The predicted molar refractivity (Wildman–Crippen MR) is 82.8 cm³/mol. The predicted octanol–water partition coefficient (Wildman–Crippen LogP) is 2.40. The zero-order valence-corrected chi connectivity index (χ0v) is 13.3. The first-order valence-electron chi connectivity index (χ1n) is 6.53. The van der Waals surface area contributed by atoms with E-state index in [0.717, 1.165) is 19.4 Å². The fraction of sp³-hybridized carbons (Fsp3) is 0.500. The lowest BCUT2D eigenvalue weighted by Crippen LogP contribution is -2.53. The van der Waals surface area contributed by atoms with Crippen molar-refractivity contribution in [2.24, 2.45) is 0 Å². The van der Waals surface area contributed by atoms with Crippen LogP contribution in [0.2, 0.25) is 5.02 Å². The van der Waals surface area contributed by atoms with Gasteiger partial charge in [0.05, 0.1) is 17.7 Å². The minimum absolute atomic E-state index is 0. The summed E-state index contributed by atoms with van der Waals surface area (Å²) in [5.74, 6) is -1.04. The molecule has 2 N–H and O–H groups in total. The van der Waals surface area contributed by atoms with Crippen molar-refractivity contribution in [3.8, 4) is 0 Å². The maximum atomic E-state index is 13.6.